The Labute approximate surface area is 118 Å². The lowest BCUT2D eigenvalue weighted by atomic mass is 10.1. The van der Waals surface area contributed by atoms with Gasteiger partial charge in [0.05, 0.1) is 16.8 Å². The maximum absolute atomic E-state index is 12.4. The number of benzene rings is 1. The molecule has 0 atom stereocenters. The zero-order valence-electron chi connectivity index (χ0n) is 10.9. The van der Waals surface area contributed by atoms with Crippen molar-refractivity contribution in [3.05, 3.63) is 59.4 Å². The van der Waals surface area contributed by atoms with Crippen molar-refractivity contribution in [1.29, 1.82) is 0 Å². The molecule has 1 heterocycles. The maximum Gasteiger partial charge on any atom is 0.416 e. The average molecular weight is 296 g/mol. The monoisotopic (exact) mass is 296 g/mol. The van der Waals surface area contributed by atoms with E-state index in [9.17, 15) is 18.0 Å². The van der Waals surface area contributed by atoms with Crippen LogP contribution in [0.1, 0.15) is 28.5 Å². The first-order valence-electron chi connectivity index (χ1n) is 5.95. The van der Waals surface area contributed by atoms with E-state index in [-0.39, 0.29) is 5.56 Å². The minimum Gasteiger partial charge on any atom is -0.360 e. The number of carbonyl (C=O) groups is 1. The van der Waals surface area contributed by atoms with Crippen molar-refractivity contribution >= 4 is 11.7 Å². The summed E-state index contributed by atoms with van der Waals surface area (Å²) in [6, 6.07) is 7.22. The molecule has 0 aliphatic heterocycles. The molecule has 7 heteroatoms. The number of aromatic amines is 1. The molecule has 0 amide bonds. The second kappa shape index (κ2) is 5.82. The number of nitrogens with one attached hydrogen (secondary N) is 1. The average Bonchev–Trinajstić information content (AvgIpc) is 2.98. The summed E-state index contributed by atoms with van der Waals surface area (Å²) in [6.45, 7) is 1.63. The highest BCUT2D eigenvalue weighted by molar-refractivity contribution is 5.97. The summed E-state index contributed by atoms with van der Waals surface area (Å²) in [5.41, 5.74) is 0.284. The third-order valence-corrected chi connectivity index (χ3v) is 2.70. The van der Waals surface area contributed by atoms with Crippen molar-refractivity contribution in [2.75, 3.05) is 0 Å². The van der Waals surface area contributed by atoms with Crippen LogP contribution >= 0.6 is 0 Å². The SMILES string of the molecule is C/C(=N/OC(=O)c1ccc(C(F)(F)F)cc1)c1ccc[nH]1. The van der Waals surface area contributed by atoms with E-state index in [1.54, 1.807) is 25.3 Å². The van der Waals surface area contributed by atoms with Gasteiger partial charge in [0.15, 0.2) is 0 Å². The van der Waals surface area contributed by atoms with E-state index in [1.807, 2.05) is 0 Å². The van der Waals surface area contributed by atoms with Crippen molar-refractivity contribution in [1.82, 2.24) is 4.98 Å². The number of H-pyrrole nitrogens is 1. The Balaban J connectivity index is 2.06. The van der Waals surface area contributed by atoms with Crippen molar-refractivity contribution in [3.63, 3.8) is 0 Å². The van der Waals surface area contributed by atoms with E-state index >= 15 is 0 Å². The van der Waals surface area contributed by atoms with Crippen LogP contribution in [-0.4, -0.2) is 16.7 Å². The summed E-state index contributed by atoms with van der Waals surface area (Å²) >= 11 is 0. The first kappa shape index (κ1) is 14.8. The fraction of sp³-hybridized carbons (Fsp3) is 0.143. The van der Waals surface area contributed by atoms with E-state index in [0.717, 1.165) is 24.3 Å². The second-order valence-electron chi connectivity index (χ2n) is 4.21. The maximum atomic E-state index is 12.4. The van der Waals surface area contributed by atoms with Gasteiger partial charge in [-0.2, -0.15) is 13.2 Å². The fourth-order valence-corrected chi connectivity index (χ4v) is 1.56. The van der Waals surface area contributed by atoms with Gasteiger partial charge in [-0.3, -0.25) is 0 Å². The van der Waals surface area contributed by atoms with Crippen LogP contribution in [0.3, 0.4) is 0 Å². The Kier molecular flexibility index (Phi) is 4.11. The molecule has 0 aliphatic carbocycles. The van der Waals surface area contributed by atoms with Gasteiger partial charge in [-0.1, -0.05) is 5.16 Å². The third kappa shape index (κ3) is 3.71. The third-order valence-electron chi connectivity index (χ3n) is 2.70. The van der Waals surface area contributed by atoms with Crippen molar-refractivity contribution in [2.24, 2.45) is 5.16 Å². The number of hydrogen-bond acceptors (Lipinski definition) is 3. The molecule has 0 saturated heterocycles. The Morgan fingerprint density at radius 1 is 1.19 bits per heavy atom. The molecule has 21 heavy (non-hydrogen) atoms. The molecule has 0 radical (unpaired) electrons. The molecule has 2 rings (SSSR count). The lowest BCUT2D eigenvalue weighted by Crippen LogP contribution is -2.07. The highest BCUT2D eigenvalue weighted by Crippen LogP contribution is 2.29. The number of rotatable bonds is 3. The van der Waals surface area contributed by atoms with Gasteiger partial charge in [0.25, 0.3) is 0 Å². The normalized spacial score (nSPS) is 12.3. The molecule has 4 nitrogen and oxygen atoms in total. The topological polar surface area (TPSA) is 54.4 Å². The van der Waals surface area contributed by atoms with Crippen LogP contribution in [-0.2, 0) is 11.0 Å². The largest absolute Gasteiger partial charge is 0.416 e. The van der Waals surface area contributed by atoms with Gasteiger partial charge in [0, 0.05) is 6.20 Å². The number of alkyl halides is 3. The van der Waals surface area contributed by atoms with Crippen molar-refractivity contribution in [3.8, 4) is 0 Å². The van der Waals surface area contributed by atoms with E-state index in [2.05, 4.69) is 15.0 Å². The predicted octanol–water partition coefficient (Wildman–Crippen LogP) is 3.61. The molecule has 1 aromatic heterocycles. The van der Waals surface area contributed by atoms with Gasteiger partial charge < -0.3 is 9.82 Å². The first-order valence-corrected chi connectivity index (χ1v) is 5.95. The van der Waals surface area contributed by atoms with Crippen LogP contribution in [0.15, 0.2) is 47.8 Å². The summed E-state index contributed by atoms with van der Waals surface area (Å²) < 4.78 is 37.2. The number of aromatic nitrogens is 1. The highest BCUT2D eigenvalue weighted by atomic mass is 19.4. The molecular formula is C14H11F3N2O2. The Morgan fingerprint density at radius 3 is 2.38 bits per heavy atom. The zero-order valence-corrected chi connectivity index (χ0v) is 10.9. The molecule has 2 aromatic rings. The van der Waals surface area contributed by atoms with Crippen LogP contribution < -0.4 is 0 Å². The number of oxime groups is 1. The van der Waals surface area contributed by atoms with Gasteiger partial charge in [0.1, 0.15) is 5.71 Å². The molecule has 0 spiro atoms. The van der Waals surface area contributed by atoms with E-state index in [1.165, 1.54) is 0 Å². The smallest absolute Gasteiger partial charge is 0.360 e. The molecule has 0 aliphatic rings. The van der Waals surface area contributed by atoms with Crippen LogP contribution in [0.5, 0.6) is 0 Å². The molecule has 0 fully saturated rings. The zero-order chi connectivity index (χ0) is 15.5. The highest BCUT2D eigenvalue weighted by Gasteiger charge is 2.30. The summed E-state index contributed by atoms with van der Waals surface area (Å²) in [4.78, 5) is 19.2. The Morgan fingerprint density at radius 2 is 1.86 bits per heavy atom. The van der Waals surface area contributed by atoms with Crippen LogP contribution in [0.2, 0.25) is 0 Å². The summed E-state index contributed by atoms with van der Waals surface area (Å²) in [5.74, 6) is -0.824. The molecule has 1 N–H and O–H groups in total. The van der Waals surface area contributed by atoms with E-state index in [0.29, 0.717) is 11.4 Å². The molecule has 0 unspecified atom stereocenters. The number of halogens is 3. The molecule has 1 aromatic carbocycles. The second-order valence-corrected chi connectivity index (χ2v) is 4.21. The quantitative estimate of drug-likeness (QED) is 0.534. The summed E-state index contributed by atoms with van der Waals surface area (Å²) in [5, 5.41) is 3.63. The Bertz CT molecular complexity index is 644. The standard InChI is InChI=1S/C14H11F3N2O2/c1-9(12-3-2-8-18-12)19-21-13(20)10-4-6-11(7-5-10)14(15,16)17/h2-8,18H,1H3/b19-9-. The van der Waals surface area contributed by atoms with Crippen LogP contribution in [0.25, 0.3) is 0 Å². The summed E-state index contributed by atoms with van der Waals surface area (Å²) in [6.07, 6.45) is -2.75. The number of hydrogen-bond donors (Lipinski definition) is 1. The predicted molar refractivity (Wildman–Crippen MR) is 69.9 cm³/mol. The minimum atomic E-state index is -4.44. The molecule has 110 valence electrons. The first-order chi connectivity index (χ1) is 9.88. The van der Waals surface area contributed by atoms with Crippen molar-refractivity contribution < 1.29 is 22.8 Å². The van der Waals surface area contributed by atoms with Crippen LogP contribution in [0.4, 0.5) is 13.2 Å². The van der Waals surface area contributed by atoms with Gasteiger partial charge in [-0.15, -0.1) is 0 Å². The van der Waals surface area contributed by atoms with Gasteiger partial charge >= 0.3 is 12.1 Å². The van der Waals surface area contributed by atoms with Gasteiger partial charge in [-0.25, -0.2) is 4.79 Å². The lowest BCUT2D eigenvalue weighted by Gasteiger charge is -2.06. The van der Waals surface area contributed by atoms with E-state index < -0.39 is 17.7 Å². The number of nitrogens with zero attached hydrogens (tertiary/aromatic N) is 1. The lowest BCUT2D eigenvalue weighted by molar-refractivity contribution is -0.137. The van der Waals surface area contributed by atoms with Crippen LogP contribution in [0, 0.1) is 0 Å². The molecule has 0 bridgehead atoms. The fourth-order valence-electron chi connectivity index (χ4n) is 1.56. The van der Waals surface area contributed by atoms with Gasteiger partial charge in [-0.05, 0) is 43.3 Å². The number of carbonyl (C=O) groups excluding carboxylic acids is 1. The van der Waals surface area contributed by atoms with Gasteiger partial charge in [0.2, 0.25) is 0 Å². The van der Waals surface area contributed by atoms with E-state index in [4.69, 9.17) is 0 Å². The minimum absolute atomic E-state index is 0.00830. The molecule has 0 saturated carbocycles. The molecular weight excluding hydrogens is 285 g/mol. The summed E-state index contributed by atoms with van der Waals surface area (Å²) in [7, 11) is 0. The Hall–Kier alpha value is -2.57. The van der Waals surface area contributed by atoms with Crippen molar-refractivity contribution in [2.45, 2.75) is 13.1 Å².